The van der Waals surface area contributed by atoms with Gasteiger partial charge in [-0.05, 0) is 42.9 Å². The van der Waals surface area contributed by atoms with E-state index in [0.717, 1.165) is 47.4 Å². The van der Waals surface area contributed by atoms with E-state index in [1.165, 1.54) is 18.2 Å². The highest BCUT2D eigenvalue weighted by Crippen LogP contribution is 2.34. The van der Waals surface area contributed by atoms with E-state index >= 15 is 0 Å². The van der Waals surface area contributed by atoms with Crippen molar-refractivity contribution in [2.45, 2.75) is 38.1 Å². The molecular weight excluding hydrogens is 360 g/mol. The van der Waals surface area contributed by atoms with E-state index in [4.69, 9.17) is 14.5 Å². The third-order valence-corrected chi connectivity index (χ3v) is 6.10. The molecule has 6 heteroatoms. The number of thioether (sulfide) groups is 1. The zero-order chi connectivity index (χ0) is 19.4. The second kappa shape index (κ2) is 8.83. The molecule has 0 bridgehead atoms. The molecule has 0 N–H and O–H groups in total. The fraction of sp³-hybridized carbons (Fsp3) is 0.524. The Morgan fingerprint density at radius 3 is 2.67 bits per heavy atom. The van der Waals surface area contributed by atoms with E-state index in [1.807, 2.05) is 17.0 Å². The third-order valence-electron chi connectivity index (χ3n) is 5.08. The maximum absolute atomic E-state index is 12.6. The number of ether oxygens (including phenoxy) is 2. The van der Waals surface area contributed by atoms with Crippen LogP contribution in [-0.4, -0.2) is 48.9 Å². The number of aryl methyl sites for hydroxylation is 1. The molecule has 0 spiro atoms. The number of hydrogen-bond donors (Lipinski definition) is 0. The molecule has 1 aliphatic heterocycles. The summed E-state index contributed by atoms with van der Waals surface area (Å²) in [4.78, 5) is 19.4. The number of hydrogen-bond acceptors (Lipinski definition) is 5. The lowest BCUT2D eigenvalue weighted by Gasteiger charge is -2.30. The van der Waals surface area contributed by atoms with Gasteiger partial charge in [0, 0.05) is 24.5 Å². The fourth-order valence-electron chi connectivity index (χ4n) is 3.54. The van der Waals surface area contributed by atoms with Gasteiger partial charge >= 0.3 is 0 Å². The van der Waals surface area contributed by atoms with Gasteiger partial charge < -0.3 is 14.4 Å². The van der Waals surface area contributed by atoms with E-state index in [9.17, 15) is 4.79 Å². The molecule has 146 valence electrons. The SMILES string of the molecule is CCc1cc2cc(OC)c(OC)cc2nc1SCC(=O)N1CCC[C@@H](C)C1. The zero-order valence-corrected chi connectivity index (χ0v) is 17.4. The Kier molecular flexibility index (Phi) is 6.47. The normalized spacial score (nSPS) is 17.2. The molecule has 1 aromatic carbocycles. The summed E-state index contributed by atoms with van der Waals surface area (Å²) in [7, 11) is 3.26. The standard InChI is InChI=1S/C21H28N2O3S/c1-5-15-9-16-10-18(25-3)19(26-4)11-17(16)22-21(15)27-13-20(24)23-8-6-7-14(2)12-23/h9-11,14H,5-8,12-13H2,1-4H3/t14-/m1/s1. The molecule has 3 rings (SSSR count). The van der Waals surface area contributed by atoms with Crippen LogP contribution in [-0.2, 0) is 11.2 Å². The number of pyridine rings is 1. The van der Waals surface area contributed by atoms with Gasteiger partial charge in [-0.2, -0.15) is 0 Å². The molecule has 1 aromatic heterocycles. The molecule has 1 amide bonds. The summed E-state index contributed by atoms with van der Waals surface area (Å²) < 4.78 is 10.8. The largest absolute Gasteiger partial charge is 0.493 e. The van der Waals surface area contributed by atoms with Crippen molar-refractivity contribution in [2.24, 2.45) is 5.92 Å². The van der Waals surface area contributed by atoms with Crippen molar-refractivity contribution < 1.29 is 14.3 Å². The van der Waals surface area contributed by atoms with Gasteiger partial charge in [-0.25, -0.2) is 4.98 Å². The van der Waals surface area contributed by atoms with Crippen LogP contribution in [0.3, 0.4) is 0 Å². The van der Waals surface area contributed by atoms with E-state index in [-0.39, 0.29) is 5.91 Å². The third kappa shape index (κ3) is 4.49. The molecule has 2 aromatic rings. The van der Waals surface area contributed by atoms with Crippen LogP contribution in [0.1, 0.15) is 32.3 Å². The van der Waals surface area contributed by atoms with Crippen LogP contribution < -0.4 is 9.47 Å². The number of carbonyl (C=O) groups is 1. The Labute approximate surface area is 165 Å². The second-order valence-electron chi connectivity index (χ2n) is 7.08. The molecule has 0 radical (unpaired) electrons. The minimum absolute atomic E-state index is 0.211. The number of rotatable bonds is 6. The molecule has 27 heavy (non-hydrogen) atoms. The van der Waals surface area contributed by atoms with Crippen LogP contribution in [0.25, 0.3) is 10.9 Å². The monoisotopic (exact) mass is 388 g/mol. The number of likely N-dealkylation sites (tertiary alicyclic amines) is 1. The summed E-state index contributed by atoms with van der Waals surface area (Å²) in [5.74, 6) is 2.61. The molecule has 0 aliphatic carbocycles. The molecule has 1 aliphatic rings. The predicted molar refractivity (Wildman–Crippen MR) is 110 cm³/mol. The topological polar surface area (TPSA) is 51.7 Å². The van der Waals surface area contributed by atoms with Crippen LogP contribution in [0.5, 0.6) is 11.5 Å². The van der Waals surface area contributed by atoms with Gasteiger partial charge in [0.25, 0.3) is 0 Å². The molecule has 1 saturated heterocycles. The molecule has 0 unspecified atom stereocenters. The first kappa shape index (κ1) is 19.8. The van der Waals surface area contributed by atoms with Crippen molar-refractivity contribution in [3.05, 3.63) is 23.8 Å². The van der Waals surface area contributed by atoms with Gasteiger partial charge in [0.2, 0.25) is 5.91 Å². The van der Waals surface area contributed by atoms with Crippen LogP contribution >= 0.6 is 11.8 Å². The highest BCUT2D eigenvalue weighted by molar-refractivity contribution is 7.99. The Morgan fingerprint density at radius 1 is 1.26 bits per heavy atom. The van der Waals surface area contributed by atoms with Gasteiger partial charge in [-0.15, -0.1) is 0 Å². The minimum Gasteiger partial charge on any atom is -0.493 e. The first-order chi connectivity index (χ1) is 13.0. The maximum Gasteiger partial charge on any atom is 0.232 e. The van der Waals surface area contributed by atoms with Crippen molar-refractivity contribution in [1.82, 2.24) is 9.88 Å². The number of fused-ring (bicyclic) bond motifs is 1. The van der Waals surface area contributed by atoms with Gasteiger partial charge in [-0.3, -0.25) is 4.79 Å². The predicted octanol–water partition coefficient (Wildman–Crippen LogP) is 4.17. The summed E-state index contributed by atoms with van der Waals surface area (Å²) in [5, 5.41) is 1.95. The fourth-order valence-corrected chi connectivity index (χ4v) is 4.54. The number of methoxy groups -OCH3 is 2. The first-order valence-corrected chi connectivity index (χ1v) is 10.5. The highest BCUT2D eigenvalue weighted by Gasteiger charge is 2.21. The highest BCUT2D eigenvalue weighted by atomic mass is 32.2. The lowest BCUT2D eigenvalue weighted by Crippen LogP contribution is -2.40. The van der Waals surface area contributed by atoms with E-state index in [1.54, 1.807) is 14.2 Å². The number of carbonyl (C=O) groups excluding carboxylic acids is 1. The minimum atomic E-state index is 0.211. The van der Waals surface area contributed by atoms with E-state index in [2.05, 4.69) is 19.9 Å². The smallest absolute Gasteiger partial charge is 0.232 e. The van der Waals surface area contributed by atoms with Gasteiger partial charge in [0.1, 0.15) is 5.03 Å². The Hall–Kier alpha value is -1.95. The molecular formula is C21H28N2O3S. The zero-order valence-electron chi connectivity index (χ0n) is 16.6. The van der Waals surface area contributed by atoms with E-state index in [0.29, 0.717) is 23.2 Å². The lowest BCUT2D eigenvalue weighted by molar-refractivity contribution is -0.130. The number of aromatic nitrogens is 1. The number of nitrogens with zero attached hydrogens (tertiary/aromatic N) is 2. The Balaban J connectivity index is 1.81. The first-order valence-electron chi connectivity index (χ1n) is 9.52. The summed E-state index contributed by atoms with van der Waals surface area (Å²) in [5.41, 5.74) is 2.01. The van der Waals surface area contributed by atoms with Crippen molar-refractivity contribution in [3.63, 3.8) is 0 Å². The average Bonchev–Trinajstić information content (AvgIpc) is 2.70. The summed E-state index contributed by atoms with van der Waals surface area (Å²) in [6.07, 6.45) is 3.19. The molecule has 1 fully saturated rings. The lowest BCUT2D eigenvalue weighted by atomic mass is 10.0. The van der Waals surface area contributed by atoms with Crippen LogP contribution in [0, 0.1) is 5.92 Å². The number of piperidine rings is 1. The average molecular weight is 389 g/mol. The maximum atomic E-state index is 12.6. The molecule has 2 heterocycles. The number of amides is 1. The van der Waals surface area contributed by atoms with Crippen molar-refractivity contribution in [2.75, 3.05) is 33.1 Å². The molecule has 5 nitrogen and oxygen atoms in total. The van der Waals surface area contributed by atoms with Crippen LogP contribution in [0.15, 0.2) is 23.2 Å². The van der Waals surface area contributed by atoms with E-state index < -0.39 is 0 Å². The van der Waals surface area contributed by atoms with Gasteiger partial charge in [0.15, 0.2) is 11.5 Å². The van der Waals surface area contributed by atoms with Crippen molar-refractivity contribution in [3.8, 4) is 11.5 Å². The summed E-state index contributed by atoms with van der Waals surface area (Å²) >= 11 is 1.54. The number of benzene rings is 1. The summed E-state index contributed by atoms with van der Waals surface area (Å²) in [6.45, 7) is 6.09. The van der Waals surface area contributed by atoms with Crippen molar-refractivity contribution in [1.29, 1.82) is 0 Å². The summed E-state index contributed by atoms with van der Waals surface area (Å²) in [6, 6.07) is 5.99. The van der Waals surface area contributed by atoms with Gasteiger partial charge in [-0.1, -0.05) is 25.6 Å². The molecule has 0 saturated carbocycles. The Morgan fingerprint density at radius 2 is 2.00 bits per heavy atom. The van der Waals surface area contributed by atoms with Crippen LogP contribution in [0.2, 0.25) is 0 Å². The molecule has 1 atom stereocenters. The second-order valence-corrected chi connectivity index (χ2v) is 8.05. The van der Waals surface area contributed by atoms with Gasteiger partial charge in [0.05, 0.1) is 25.5 Å². The quantitative estimate of drug-likeness (QED) is 0.696. The van der Waals surface area contributed by atoms with Crippen LogP contribution in [0.4, 0.5) is 0 Å². The Bertz CT molecular complexity index is 825. The van der Waals surface area contributed by atoms with Crippen molar-refractivity contribution >= 4 is 28.6 Å².